The van der Waals surface area contributed by atoms with E-state index in [-0.39, 0.29) is 23.8 Å². The summed E-state index contributed by atoms with van der Waals surface area (Å²) < 4.78 is 15.5. The molecule has 1 aliphatic heterocycles. The van der Waals surface area contributed by atoms with Gasteiger partial charge in [-0.05, 0) is 29.5 Å². The molecule has 0 unspecified atom stereocenters. The van der Waals surface area contributed by atoms with Crippen LogP contribution in [-0.2, 0) is 19.5 Å². The van der Waals surface area contributed by atoms with Crippen molar-refractivity contribution in [3.8, 4) is 0 Å². The molecule has 146 valence electrons. The van der Waals surface area contributed by atoms with Gasteiger partial charge in [0, 0.05) is 17.0 Å². The van der Waals surface area contributed by atoms with E-state index in [1.165, 1.54) is 39.6 Å². The summed E-state index contributed by atoms with van der Waals surface area (Å²) in [4.78, 5) is 34.4. The summed E-state index contributed by atoms with van der Waals surface area (Å²) in [5, 5.41) is 2.50. The van der Waals surface area contributed by atoms with Crippen molar-refractivity contribution in [1.29, 1.82) is 0 Å². The molecule has 0 fully saturated rings. The fourth-order valence-corrected chi connectivity index (χ4v) is 5.56. The third-order valence-electron chi connectivity index (χ3n) is 5.15. The molecular weight excluding hydrogens is 409 g/mol. The summed E-state index contributed by atoms with van der Waals surface area (Å²) >= 11 is 2.89. The quantitative estimate of drug-likeness (QED) is 0.500. The van der Waals surface area contributed by atoms with E-state index in [4.69, 9.17) is 0 Å². The first kappa shape index (κ1) is 18.2. The number of rotatable bonds is 3. The number of hydrogen-bond donors (Lipinski definition) is 0. The molecule has 0 N–H and O–H groups in total. The average molecular weight is 426 g/mol. The molecular formula is C21H16FN3O2S2. The van der Waals surface area contributed by atoms with Crippen LogP contribution < -0.4 is 5.56 Å². The van der Waals surface area contributed by atoms with Crippen LogP contribution in [0.5, 0.6) is 0 Å². The summed E-state index contributed by atoms with van der Waals surface area (Å²) in [7, 11) is 0. The molecule has 4 aromatic rings. The van der Waals surface area contributed by atoms with Crippen molar-refractivity contribution < 1.29 is 9.18 Å². The first-order valence-electron chi connectivity index (χ1n) is 9.17. The summed E-state index contributed by atoms with van der Waals surface area (Å²) in [6, 6.07) is 10.1. The first-order valence-corrected chi connectivity index (χ1v) is 10.9. The maximum atomic E-state index is 14.0. The molecule has 0 saturated heterocycles. The number of aromatic nitrogens is 2. The molecule has 0 radical (unpaired) electrons. The molecule has 3 aromatic heterocycles. The number of carbonyl (C=O) groups is 1. The Balaban J connectivity index is 1.49. The molecule has 0 bridgehead atoms. The van der Waals surface area contributed by atoms with E-state index < -0.39 is 0 Å². The number of halogens is 1. The van der Waals surface area contributed by atoms with Crippen molar-refractivity contribution in [2.45, 2.75) is 19.5 Å². The normalized spacial score (nSPS) is 13.6. The maximum absolute atomic E-state index is 14.0. The van der Waals surface area contributed by atoms with Crippen molar-refractivity contribution in [2.24, 2.45) is 0 Å². The topological polar surface area (TPSA) is 55.2 Å². The van der Waals surface area contributed by atoms with Gasteiger partial charge in [-0.1, -0.05) is 24.3 Å². The lowest BCUT2D eigenvalue weighted by Gasteiger charge is -2.26. The summed E-state index contributed by atoms with van der Waals surface area (Å²) in [5.74, 6) is -0.317. The second-order valence-corrected chi connectivity index (χ2v) is 8.94. The van der Waals surface area contributed by atoms with E-state index in [2.05, 4.69) is 4.98 Å². The van der Waals surface area contributed by atoms with E-state index in [1.807, 2.05) is 22.4 Å². The maximum Gasteiger partial charge on any atom is 0.264 e. The molecule has 0 atom stereocenters. The van der Waals surface area contributed by atoms with Crippen LogP contribution >= 0.6 is 22.7 Å². The van der Waals surface area contributed by atoms with E-state index >= 15 is 0 Å². The zero-order chi connectivity index (χ0) is 20.0. The van der Waals surface area contributed by atoms with E-state index in [0.29, 0.717) is 35.3 Å². The predicted octanol–water partition coefficient (Wildman–Crippen LogP) is 3.91. The second-order valence-electron chi connectivity index (χ2n) is 6.91. The van der Waals surface area contributed by atoms with Crippen molar-refractivity contribution in [3.05, 3.63) is 85.2 Å². The largest absolute Gasteiger partial charge is 0.332 e. The molecule has 1 amide bonds. The molecule has 29 heavy (non-hydrogen) atoms. The summed E-state index contributed by atoms with van der Waals surface area (Å²) in [5.41, 5.74) is 1.27. The van der Waals surface area contributed by atoms with Gasteiger partial charge in [-0.3, -0.25) is 14.2 Å². The Morgan fingerprint density at radius 3 is 2.86 bits per heavy atom. The van der Waals surface area contributed by atoms with Gasteiger partial charge >= 0.3 is 0 Å². The Bertz CT molecular complexity index is 1280. The highest BCUT2D eigenvalue weighted by molar-refractivity contribution is 7.18. The molecule has 0 saturated carbocycles. The lowest BCUT2D eigenvalue weighted by atomic mass is 10.1. The SMILES string of the molecule is O=C(c1cccs1)N1CCc2c(sc3ncn(Cc4ccccc4F)c(=O)c23)C1. The molecule has 1 aliphatic rings. The zero-order valence-electron chi connectivity index (χ0n) is 15.3. The van der Waals surface area contributed by atoms with Crippen molar-refractivity contribution in [2.75, 3.05) is 6.54 Å². The average Bonchev–Trinajstić information content (AvgIpc) is 3.38. The van der Waals surface area contributed by atoms with Crippen LogP contribution in [0.3, 0.4) is 0 Å². The molecule has 4 heterocycles. The first-order chi connectivity index (χ1) is 14.1. The van der Waals surface area contributed by atoms with Crippen LogP contribution in [0.1, 0.15) is 25.7 Å². The van der Waals surface area contributed by atoms with Gasteiger partial charge in [0.05, 0.1) is 29.7 Å². The number of thiophene rings is 2. The van der Waals surface area contributed by atoms with Gasteiger partial charge in [0.1, 0.15) is 10.6 Å². The predicted molar refractivity (Wildman–Crippen MR) is 112 cm³/mol. The minimum Gasteiger partial charge on any atom is -0.332 e. The van der Waals surface area contributed by atoms with E-state index in [0.717, 1.165) is 15.3 Å². The van der Waals surface area contributed by atoms with Gasteiger partial charge in [0.2, 0.25) is 0 Å². The van der Waals surface area contributed by atoms with Crippen molar-refractivity contribution >= 4 is 38.8 Å². The molecule has 5 nitrogen and oxygen atoms in total. The minimum atomic E-state index is -0.338. The lowest BCUT2D eigenvalue weighted by Crippen LogP contribution is -2.35. The highest BCUT2D eigenvalue weighted by Crippen LogP contribution is 2.33. The van der Waals surface area contributed by atoms with E-state index in [1.54, 1.807) is 18.2 Å². The molecule has 0 aliphatic carbocycles. The van der Waals surface area contributed by atoms with Gasteiger partial charge < -0.3 is 4.90 Å². The number of nitrogens with zero attached hydrogens (tertiary/aromatic N) is 3. The Morgan fingerprint density at radius 1 is 1.21 bits per heavy atom. The van der Waals surface area contributed by atoms with Crippen LogP contribution in [0, 0.1) is 5.82 Å². The van der Waals surface area contributed by atoms with Gasteiger partial charge in [0.15, 0.2) is 0 Å². The number of amides is 1. The Hall–Kier alpha value is -2.84. The summed E-state index contributed by atoms with van der Waals surface area (Å²) in [6.45, 7) is 1.19. The Morgan fingerprint density at radius 2 is 2.07 bits per heavy atom. The third-order valence-corrected chi connectivity index (χ3v) is 7.13. The number of benzene rings is 1. The molecule has 8 heteroatoms. The molecule has 1 aromatic carbocycles. The smallest absolute Gasteiger partial charge is 0.264 e. The lowest BCUT2D eigenvalue weighted by molar-refractivity contribution is 0.0742. The second kappa shape index (κ2) is 7.20. The highest BCUT2D eigenvalue weighted by atomic mass is 32.1. The number of hydrogen-bond acceptors (Lipinski definition) is 5. The van der Waals surface area contributed by atoms with Crippen LogP contribution in [0.4, 0.5) is 4.39 Å². The standard InChI is InChI=1S/C21H16FN3O2S2/c22-15-5-2-1-4-13(15)10-25-12-23-19-18(21(25)27)14-7-8-24(11-17(14)29-19)20(26)16-6-3-9-28-16/h1-6,9,12H,7-8,10-11H2. The van der Waals surface area contributed by atoms with Crippen LogP contribution in [-0.4, -0.2) is 26.9 Å². The zero-order valence-corrected chi connectivity index (χ0v) is 16.9. The Kier molecular flexibility index (Phi) is 4.52. The molecule has 5 rings (SSSR count). The summed E-state index contributed by atoms with van der Waals surface area (Å²) in [6.07, 6.45) is 2.10. The third kappa shape index (κ3) is 3.18. The van der Waals surface area contributed by atoms with Gasteiger partial charge in [-0.2, -0.15) is 0 Å². The van der Waals surface area contributed by atoms with Crippen molar-refractivity contribution in [3.63, 3.8) is 0 Å². The van der Waals surface area contributed by atoms with Crippen molar-refractivity contribution in [1.82, 2.24) is 14.5 Å². The minimum absolute atomic E-state index is 0.0213. The molecule has 0 spiro atoms. The highest BCUT2D eigenvalue weighted by Gasteiger charge is 2.27. The Labute approximate surface area is 173 Å². The number of carbonyl (C=O) groups excluding carboxylic acids is 1. The fourth-order valence-electron chi connectivity index (χ4n) is 3.67. The van der Waals surface area contributed by atoms with E-state index in [9.17, 15) is 14.0 Å². The van der Waals surface area contributed by atoms with Gasteiger partial charge in [0.25, 0.3) is 11.5 Å². The van der Waals surface area contributed by atoms with Gasteiger partial charge in [-0.25, -0.2) is 9.37 Å². The van der Waals surface area contributed by atoms with Crippen LogP contribution in [0.15, 0.2) is 52.9 Å². The van der Waals surface area contributed by atoms with Gasteiger partial charge in [-0.15, -0.1) is 22.7 Å². The fraction of sp³-hybridized carbons (Fsp3) is 0.190. The van der Waals surface area contributed by atoms with Crippen LogP contribution in [0.25, 0.3) is 10.2 Å². The monoisotopic (exact) mass is 425 g/mol. The number of fused-ring (bicyclic) bond motifs is 3. The van der Waals surface area contributed by atoms with Crippen LogP contribution in [0.2, 0.25) is 0 Å².